The molecule has 1 fully saturated rings. The molecule has 1 saturated heterocycles. The van der Waals surface area contributed by atoms with Crippen molar-refractivity contribution in [3.8, 4) is 11.8 Å². The minimum Gasteiger partial charge on any atom is -0.384 e. The number of hydrogen-bond donors (Lipinski definition) is 0. The van der Waals surface area contributed by atoms with Crippen molar-refractivity contribution in [2.24, 2.45) is 17.8 Å². The highest BCUT2D eigenvalue weighted by Gasteiger charge is 2.15. The van der Waals surface area contributed by atoms with Crippen LogP contribution < -0.4 is 0 Å². The van der Waals surface area contributed by atoms with Crippen molar-refractivity contribution in [2.45, 2.75) is 40.5 Å². The molecular formula is C16H29NO2. The van der Waals surface area contributed by atoms with E-state index in [4.69, 9.17) is 4.74 Å². The first kappa shape index (κ1) is 18.0. The van der Waals surface area contributed by atoms with E-state index in [-0.39, 0.29) is 0 Å². The molecule has 0 saturated carbocycles. The van der Waals surface area contributed by atoms with E-state index in [1.165, 1.54) is 0 Å². The fraction of sp³-hybridized carbons (Fsp3) is 0.812. The molecule has 1 amide bonds. The van der Waals surface area contributed by atoms with E-state index in [0.29, 0.717) is 17.8 Å². The molecule has 0 atom stereocenters. The quantitative estimate of drug-likeness (QED) is 0.581. The van der Waals surface area contributed by atoms with Crippen molar-refractivity contribution in [3.63, 3.8) is 0 Å². The van der Waals surface area contributed by atoms with Gasteiger partial charge in [0.25, 0.3) is 0 Å². The average molecular weight is 267 g/mol. The van der Waals surface area contributed by atoms with Gasteiger partial charge in [0, 0.05) is 38.6 Å². The Labute approximate surface area is 118 Å². The zero-order valence-corrected chi connectivity index (χ0v) is 13.1. The number of rotatable bonds is 3. The summed E-state index contributed by atoms with van der Waals surface area (Å²) in [6, 6.07) is 0. The summed E-state index contributed by atoms with van der Waals surface area (Å²) in [6.07, 6.45) is 3.02. The highest BCUT2D eigenvalue weighted by Crippen LogP contribution is 2.14. The third-order valence-corrected chi connectivity index (χ3v) is 2.75. The van der Waals surface area contributed by atoms with Crippen LogP contribution in [-0.4, -0.2) is 38.1 Å². The van der Waals surface area contributed by atoms with Gasteiger partial charge in [0.2, 0.25) is 6.41 Å². The third-order valence-electron chi connectivity index (χ3n) is 2.75. The zero-order chi connectivity index (χ0) is 14.7. The number of methoxy groups -OCH3 is 1. The third kappa shape index (κ3) is 10.6. The Hall–Kier alpha value is -1.01. The number of hydrogen-bond acceptors (Lipinski definition) is 2. The lowest BCUT2D eigenvalue weighted by molar-refractivity contribution is -0.119. The van der Waals surface area contributed by atoms with Gasteiger partial charge in [0.15, 0.2) is 0 Å². The van der Waals surface area contributed by atoms with E-state index in [0.717, 1.165) is 38.9 Å². The van der Waals surface area contributed by atoms with Crippen LogP contribution in [0.5, 0.6) is 0 Å². The Morgan fingerprint density at radius 2 is 1.84 bits per heavy atom. The molecule has 0 radical (unpaired) electrons. The molecular weight excluding hydrogens is 238 g/mol. The van der Waals surface area contributed by atoms with Crippen molar-refractivity contribution in [1.82, 2.24) is 4.90 Å². The first-order chi connectivity index (χ1) is 8.99. The van der Waals surface area contributed by atoms with Gasteiger partial charge in [-0.15, -0.1) is 5.92 Å². The Morgan fingerprint density at radius 1 is 1.26 bits per heavy atom. The summed E-state index contributed by atoms with van der Waals surface area (Å²) < 4.78 is 4.80. The van der Waals surface area contributed by atoms with Crippen LogP contribution in [0.25, 0.3) is 0 Å². The second-order valence-electron chi connectivity index (χ2n) is 5.71. The van der Waals surface area contributed by atoms with Crippen LogP contribution in [0.15, 0.2) is 0 Å². The maximum Gasteiger partial charge on any atom is 0.209 e. The molecule has 0 aromatic carbocycles. The monoisotopic (exact) mass is 267 g/mol. The predicted molar refractivity (Wildman–Crippen MR) is 79.7 cm³/mol. The van der Waals surface area contributed by atoms with Gasteiger partial charge in [-0.2, -0.15) is 0 Å². The van der Waals surface area contributed by atoms with Crippen molar-refractivity contribution in [1.29, 1.82) is 0 Å². The molecule has 3 heteroatoms. The molecule has 0 bridgehead atoms. The molecule has 0 aromatic rings. The van der Waals surface area contributed by atoms with E-state index < -0.39 is 0 Å². The van der Waals surface area contributed by atoms with Crippen molar-refractivity contribution in [3.05, 3.63) is 0 Å². The molecule has 1 rings (SSSR count). The first-order valence-corrected chi connectivity index (χ1v) is 7.18. The summed E-state index contributed by atoms with van der Waals surface area (Å²) in [5.41, 5.74) is 0. The molecule has 0 N–H and O–H groups in total. The molecule has 1 aliphatic rings. The van der Waals surface area contributed by atoms with Crippen LogP contribution >= 0.6 is 0 Å². The van der Waals surface area contributed by atoms with Gasteiger partial charge in [0.05, 0.1) is 0 Å². The molecule has 110 valence electrons. The largest absolute Gasteiger partial charge is 0.384 e. The smallest absolute Gasteiger partial charge is 0.209 e. The lowest BCUT2D eigenvalue weighted by Gasteiger charge is -2.26. The molecule has 0 aromatic heterocycles. The maximum absolute atomic E-state index is 10.4. The summed E-state index contributed by atoms with van der Waals surface area (Å²) in [7, 11) is 1.72. The Morgan fingerprint density at radius 3 is 2.16 bits per heavy atom. The molecule has 0 spiro atoms. The summed E-state index contributed by atoms with van der Waals surface area (Å²) in [4.78, 5) is 12.2. The standard InChI is InChI=1S/C11H17NO.C5H12O/c1-10(2)3-4-11-5-7-12(9-13)8-6-11;1-5(2)4-6-3/h9-11H,5-8H2,1-2H3;5H,4H2,1-3H3. The van der Waals surface area contributed by atoms with Crippen LogP contribution in [0.2, 0.25) is 0 Å². The average Bonchev–Trinajstić information content (AvgIpc) is 2.37. The highest BCUT2D eigenvalue weighted by atomic mass is 16.5. The zero-order valence-electron chi connectivity index (χ0n) is 13.1. The Balaban J connectivity index is 0.000000459. The van der Waals surface area contributed by atoms with E-state index >= 15 is 0 Å². The number of carbonyl (C=O) groups is 1. The fourth-order valence-corrected chi connectivity index (χ4v) is 1.77. The van der Waals surface area contributed by atoms with Gasteiger partial charge in [0.1, 0.15) is 0 Å². The normalized spacial score (nSPS) is 15.6. The summed E-state index contributed by atoms with van der Waals surface area (Å²) >= 11 is 0. The number of nitrogens with zero attached hydrogens (tertiary/aromatic N) is 1. The number of ether oxygens (including phenoxy) is 1. The SMILES string of the molecule is CC(C)C#CC1CCN(C=O)CC1.COCC(C)C. The first-order valence-electron chi connectivity index (χ1n) is 7.18. The molecule has 1 aliphatic heterocycles. The summed E-state index contributed by atoms with van der Waals surface area (Å²) in [5, 5.41) is 0. The maximum atomic E-state index is 10.4. The van der Waals surface area contributed by atoms with E-state index in [2.05, 4.69) is 39.5 Å². The lowest BCUT2D eigenvalue weighted by atomic mass is 9.97. The van der Waals surface area contributed by atoms with E-state index in [1.54, 1.807) is 7.11 Å². The highest BCUT2D eigenvalue weighted by molar-refractivity contribution is 5.47. The summed E-state index contributed by atoms with van der Waals surface area (Å²) in [6.45, 7) is 11.1. The predicted octanol–water partition coefficient (Wildman–Crippen LogP) is 2.80. The molecule has 1 heterocycles. The minimum atomic E-state index is 0.462. The van der Waals surface area contributed by atoms with Crippen LogP contribution in [0.3, 0.4) is 0 Å². The summed E-state index contributed by atoms with van der Waals surface area (Å²) in [5.74, 6) is 8.11. The van der Waals surface area contributed by atoms with Gasteiger partial charge >= 0.3 is 0 Å². The molecule has 0 unspecified atom stereocenters. The van der Waals surface area contributed by atoms with Crippen molar-refractivity contribution >= 4 is 6.41 Å². The van der Waals surface area contributed by atoms with Crippen LogP contribution in [0.4, 0.5) is 0 Å². The van der Waals surface area contributed by atoms with Gasteiger partial charge < -0.3 is 9.64 Å². The van der Waals surface area contributed by atoms with E-state index in [9.17, 15) is 4.79 Å². The van der Waals surface area contributed by atoms with Gasteiger partial charge in [-0.25, -0.2) is 0 Å². The van der Waals surface area contributed by atoms with Crippen molar-refractivity contribution in [2.75, 3.05) is 26.8 Å². The van der Waals surface area contributed by atoms with Gasteiger partial charge in [-0.3, -0.25) is 4.79 Å². The topological polar surface area (TPSA) is 29.5 Å². The minimum absolute atomic E-state index is 0.462. The van der Waals surface area contributed by atoms with E-state index in [1.807, 2.05) is 4.90 Å². The van der Waals surface area contributed by atoms with Crippen molar-refractivity contribution < 1.29 is 9.53 Å². The second kappa shape index (κ2) is 10.9. The van der Waals surface area contributed by atoms with Crippen LogP contribution in [0, 0.1) is 29.6 Å². The molecule has 0 aliphatic carbocycles. The number of amides is 1. The lowest BCUT2D eigenvalue weighted by Crippen LogP contribution is -2.31. The van der Waals surface area contributed by atoms with Gasteiger partial charge in [-0.1, -0.05) is 33.6 Å². The fourth-order valence-electron chi connectivity index (χ4n) is 1.77. The molecule has 3 nitrogen and oxygen atoms in total. The molecule has 19 heavy (non-hydrogen) atoms. The Kier molecular flexibility index (Phi) is 10.3. The number of likely N-dealkylation sites (tertiary alicyclic amines) is 1. The number of carbonyl (C=O) groups excluding carboxylic acids is 1. The number of piperidine rings is 1. The second-order valence-corrected chi connectivity index (χ2v) is 5.71. The van der Waals surface area contributed by atoms with Gasteiger partial charge in [-0.05, 0) is 18.8 Å². The van der Waals surface area contributed by atoms with Crippen LogP contribution in [0.1, 0.15) is 40.5 Å². The van der Waals surface area contributed by atoms with Crippen LogP contribution in [-0.2, 0) is 9.53 Å². The Bertz CT molecular complexity index is 281.